The van der Waals surface area contributed by atoms with Crippen LogP contribution in [0.15, 0.2) is 36.2 Å². The number of hydrogen-bond acceptors (Lipinski definition) is 5. The molecule has 0 aromatic heterocycles. The van der Waals surface area contributed by atoms with Gasteiger partial charge in [-0.2, -0.15) is 0 Å². The standard InChI is InChI=1S/C23H30N2O5/c1-28-14-22(26)24-19-6-4-12-25-20(19)13-29-17-10-8-16(9-11-17)18-5-2-3-7-21(18)30-15-23(25)27/h2-3,5,7,13,16-17,19H,4,6,8-12,14-15H2,1H3,(H,24,26)/b20-13-. The van der Waals surface area contributed by atoms with Crippen LogP contribution in [0.5, 0.6) is 5.75 Å². The molecule has 1 saturated carbocycles. The fraction of sp³-hybridized carbons (Fsp3) is 0.565. The van der Waals surface area contributed by atoms with E-state index < -0.39 is 0 Å². The molecule has 4 aliphatic rings. The van der Waals surface area contributed by atoms with Gasteiger partial charge in [-0.3, -0.25) is 9.59 Å². The molecule has 1 unspecified atom stereocenters. The van der Waals surface area contributed by atoms with Gasteiger partial charge in [0, 0.05) is 13.7 Å². The first-order chi connectivity index (χ1) is 14.7. The summed E-state index contributed by atoms with van der Waals surface area (Å²) in [6, 6.07) is 7.76. The van der Waals surface area contributed by atoms with Crippen molar-refractivity contribution in [2.24, 2.45) is 0 Å². The Hall–Kier alpha value is -2.54. The number of ether oxygens (including phenoxy) is 3. The molecular formula is C23H30N2O5. The minimum Gasteiger partial charge on any atom is -0.496 e. The summed E-state index contributed by atoms with van der Waals surface area (Å²) in [6.45, 7) is 0.536. The van der Waals surface area contributed by atoms with E-state index in [-0.39, 0.29) is 37.2 Å². The fourth-order valence-electron chi connectivity index (χ4n) is 4.69. The maximum Gasteiger partial charge on any atom is 0.264 e. The minimum atomic E-state index is -0.279. The zero-order chi connectivity index (χ0) is 20.9. The molecule has 1 aromatic carbocycles. The van der Waals surface area contributed by atoms with Gasteiger partial charge >= 0.3 is 0 Å². The van der Waals surface area contributed by atoms with Gasteiger partial charge in [-0.15, -0.1) is 0 Å². The lowest BCUT2D eigenvalue weighted by molar-refractivity contribution is -0.133. The van der Waals surface area contributed by atoms with Crippen molar-refractivity contribution in [3.05, 3.63) is 41.8 Å². The SMILES string of the molecule is COCC(=O)NC1CCCN2C(=O)COc3ccccc3C3CCC(CC3)O/C=C/12. The molecule has 1 aliphatic carbocycles. The van der Waals surface area contributed by atoms with Crippen molar-refractivity contribution in [3.63, 3.8) is 0 Å². The van der Waals surface area contributed by atoms with Crippen LogP contribution in [0.4, 0.5) is 0 Å². The van der Waals surface area contributed by atoms with Crippen LogP contribution in [0.1, 0.15) is 50.0 Å². The third kappa shape index (κ3) is 4.61. The van der Waals surface area contributed by atoms with Crippen LogP contribution in [-0.2, 0) is 19.1 Å². The summed E-state index contributed by atoms with van der Waals surface area (Å²) in [4.78, 5) is 26.9. The van der Waals surface area contributed by atoms with Crippen LogP contribution in [0.3, 0.4) is 0 Å². The highest BCUT2D eigenvalue weighted by molar-refractivity contribution is 5.81. The van der Waals surface area contributed by atoms with Crippen LogP contribution in [0, 0.1) is 0 Å². The van der Waals surface area contributed by atoms with E-state index in [1.165, 1.54) is 12.7 Å². The summed E-state index contributed by atoms with van der Waals surface area (Å²) in [5.41, 5.74) is 1.88. The van der Waals surface area contributed by atoms with E-state index in [9.17, 15) is 9.59 Å². The molecule has 162 valence electrons. The number of nitrogens with one attached hydrogen (secondary N) is 1. The highest BCUT2D eigenvalue weighted by atomic mass is 16.5. The topological polar surface area (TPSA) is 77.1 Å². The summed E-state index contributed by atoms with van der Waals surface area (Å²) in [6.07, 6.45) is 7.34. The first kappa shape index (κ1) is 20.7. The Bertz CT molecular complexity index is 801. The van der Waals surface area contributed by atoms with Crippen LogP contribution < -0.4 is 10.1 Å². The molecular weight excluding hydrogens is 384 g/mol. The molecule has 2 amide bonds. The summed E-state index contributed by atoms with van der Waals surface area (Å²) >= 11 is 0. The second-order valence-electron chi connectivity index (χ2n) is 8.22. The first-order valence-electron chi connectivity index (χ1n) is 10.8. The Balaban J connectivity index is 1.61. The second kappa shape index (κ2) is 9.51. The zero-order valence-corrected chi connectivity index (χ0v) is 17.5. The molecule has 7 heteroatoms. The summed E-state index contributed by atoms with van der Waals surface area (Å²) in [5, 5.41) is 2.98. The highest BCUT2D eigenvalue weighted by Crippen LogP contribution is 2.39. The molecule has 2 fully saturated rings. The number of hydrogen-bond donors (Lipinski definition) is 1. The molecule has 0 radical (unpaired) electrons. The number of rotatable bonds is 3. The molecule has 2 bridgehead atoms. The number of fused-ring (bicyclic) bond motifs is 5. The number of piperidine rings is 1. The van der Waals surface area contributed by atoms with Crippen molar-refractivity contribution in [3.8, 4) is 5.75 Å². The number of amides is 2. The molecule has 3 heterocycles. The lowest BCUT2D eigenvalue weighted by Gasteiger charge is -2.36. The normalized spacial score (nSPS) is 28.3. The van der Waals surface area contributed by atoms with Crippen molar-refractivity contribution in [2.45, 2.75) is 56.6 Å². The average Bonchev–Trinajstić information content (AvgIpc) is 2.78. The molecule has 1 atom stereocenters. The number of carbonyl (C=O) groups excluding carboxylic acids is 2. The van der Waals surface area contributed by atoms with E-state index in [0.29, 0.717) is 18.2 Å². The maximum atomic E-state index is 13.1. The smallest absolute Gasteiger partial charge is 0.264 e. The van der Waals surface area contributed by atoms with E-state index >= 15 is 0 Å². The molecule has 3 aliphatic heterocycles. The van der Waals surface area contributed by atoms with E-state index in [1.807, 2.05) is 18.2 Å². The van der Waals surface area contributed by atoms with Gasteiger partial charge in [0.25, 0.3) is 5.91 Å². The van der Waals surface area contributed by atoms with Gasteiger partial charge in [0.05, 0.1) is 17.8 Å². The van der Waals surface area contributed by atoms with Gasteiger partial charge in [-0.25, -0.2) is 0 Å². The predicted octanol–water partition coefficient (Wildman–Crippen LogP) is 2.72. The highest BCUT2D eigenvalue weighted by Gasteiger charge is 2.33. The van der Waals surface area contributed by atoms with Gasteiger partial charge < -0.3 is 24.4 Å². The van der Waals surface area contributed by atoms with Gasteiger partial charge in [0.15, 0.2) is 6.61 Å². The molecule has 0 spiro atoms. The number of methoxy groups -OCH3 is 1. The van der Waals surface area contributed by atoms with E-state index in [1.54, 1.807) is 11.2 Å². The summed E-state index contributed by atoms with van der Waals surface area (Å²) in [7, 11) is 1.49. The number of benzene rings is 1. The average molecular weight is 415 g/mol. The molecule has 7 nitrogen and oxygen atoms in total. The number of para-hydroxylation sites is 1. The third-order valence-electron chi connectivity index (χ3n) is 6.22. The molecule has 5 rings (SSSR count). The Morgan fingerprint density at radius 3 is 2.80 bits per heavy atom. The lowest BCUT2D eigenvalue weighted by Crippen LogP contribution is -2.49. The van der Waals surface area contributed by atoms with Gasteiger partial charge in [-0.05, 0) is 56.1 Å². The summed E-state index contributed by atoms with van der Waals surface area (Å²) < 4.78 is 17.1. The van der Waals surface area contributed by atoms with Gasteiger partial charge in [-0.1, -0.05) is 18.2 Å². The Morgan fingerprint density at radius 2 is 2.00 bits per heavy atom. The molecule has 1 aromatic rings. The molecule has 1 saturated heterocycles. The second-order valence-corrected chi connectivity index (χ2v) is 8.22. The Morgan fingerprint density at radius 1 is 1.20 bits per heavy atom. The minimum absolute atomic E-state index is 0.0114. The molecule has 30 heavy (non-hydrogen) atoms. The van der Waals surface area contributed by atoms with Crippen molar-refractivity contribution >= 4 is 11.8 Å². The van der Waals surface area contributed by atoms with Crippen molar-refractivity contribution in [1.29, 1.82) is 0 Å². The van der Waals surface area contributed by atoms with Crippen LogP contribution in [0.25, 0.3) is 0 Å². The number of nitrogens with zero attached hydrogens (tertiary/aromatic N) is 1. The van der Waals surface area contributed by atoms with Gasteiger partial charge in [0.1, 0.15) is 18.6 Å². The Labute approximate surface area is 177 Å². The van der Waals surface area contributed by atoms with E-state index in [4.69, 9.17) is 14.2 Å². The van der Waals surface area contributed by atoms with Gasteiger partial charge in [0.2, 0.25) is 5.91 Å². The molecule has 1 N–H and O–H groups in total. The monoisotopic (exact) mass is 414 g/mol. The summed E-state index contributed by atoms with van der Waals surface area (Å²) in [5.74, 6) is 0.887. The van der Waals surface area contributed by atoms with E-state index in [0.717, 1.165) is 44.3 Å². The first-order valence-corrected chi connectivity index (χ1v) is 10.8. The quantitative estimate of drug-likeness (QED) is 0.823. The fourth-order valence-corrected chi connectivity index (χ4v) is 4.69. The predicted molar refractivity (Wildman–Crippen MR) is 111 cm³/mol. The van der Waals surface area contributed by atoms with Crippen LogP contribution in [0.2, 0.25) is 0 Å². The number of carbonyl (C=O) groups is 2. The Kier molecular flexibility index (Phi) is 6.57. The van der Waals surface area contributed by atoms with E-state index in [2.05, 4.69) is 11.4 Å². The van der Waals surface area contributed by atoms with Crippen LogP contribution in [-0.4, -0.2) is 55.7 Å². The maximum absolute atomic E-state index is 13.1. The largest absolute Gasteiger partial charge is 0.496 e. The lowest BCUT2D eigenvalue weighted by atomic mass is 9.82. The van der Waals surface area contributed by atoms with Crippen molar-refractivity contribution < 1.29 is 23.8 Å². The van der Waals surface area contributed by atoms with Crippen molar-refractivity contribution in [2.75, 3.05) is 26.9 Å². The van der Waals surface area contributed by atoms with Crippen molar-refractivity contribution in [1.82, 2.24) is 10.2 Å². The third-order valence-corrected chi connectivity index (χ3v) is 6.22. The zero-order valence-electron chi connectivity index (χ0n) is 17.5. The van der Waals surface area contributed by atoms with Crippen LogP contribution >= 0.6 is 0 Å².